The lowest BCUT2D eigenvalue weighted by Crippen LogP contribution is -2.33. The molecule has 0 spiro atoms. The van der Waals surface area contributed by atoms with Crippen LogP contribution in [-0.4, -0.2) is 37.0 Å². The molecule has 0 atom stereocenters. The second-order valence-corrected chi connectivity index (χ2v) is 4.29. The Morgan fingerprint density at radius 3 is 2.67 bits per heavy atom. The van der Waals surface area contributed by atoms with E-state index in [1.165, 1.54) is 4.90 Å². The van der Waals surface area contributed by atoms with Gasteiger partial charge in [0.2, 0.25) is 0 Å². The van der Waals surface area contributed by atoms with Crippen LogP contribution in [0.4, 0.5) is 0 Å². The first-order chi connectivity index (χ1) is 8.47. The van der Waals surface area contributed by atoms with Crippen LogP contribution < -0.4 is 0 Å². The first-order valence-electron chi connectivity index (χ1n) is 5.63. The Kier molecular flexibility index (Phi) is 5.16. The van der Waals surface area contributed by atoms with Crippen LogP contribution in [0.2, 0.25) is 5.02 Å². The molecule has 98 valence electrons. The molecule has 0 radical (unpaired) electrons. The van der Waals surface area contributed by atoms with Crippen LogP contribution in [0.25, 0.3) is 0 Å². The third-order valence-corrected chi connectivity index (χ3v) is 2.93. The summed E-state index contributed by atoms with van der Waals surface area (Å²) in [4.78, 5) is 24.7. The Balaban J connectivity index is 2.81. The molecule has 0 saturated heterocycles. The second-order valence-electron chi connectivity index (χ2n) is 3.88. The van der Waals surface area contributed by atoms with Crippen molar-refractivity contribution in [1.29, 1.82) is 0 Å². The second kappa shape index (κ2) is 6.40. The van der Waals surface area contributed by atoms with Gasteiger partial charge in [-0.1, -0.05) is 17.7 Å². The molecule has 18 heavy (non-hydrogen) atoms. The van der Waals surface area contributed by atoms with Crippen molar-refractivity contribution < 1.29 is 14.3 Å². The smallest absolute Gasteiger partial charge is 0.325 e. The lowest BCUT2D eigenvalue weighted by atomic mass is 10.1. The first kappa shape index (κ1) is 14.5. The summed E-state index contributed by atoms with van der Waals surface area (Å²) >= 11 is 5.96. The first-order valence-corrected chi connectivity index (χ1v) is 6.01. The van der Waals surface area contributed by atoms with Gasteiger partial charge in [0.15, 0.2) is 0 Å². The Labute approximate surface area is 111 Å². The van der Waals surface area contributed by atoms with Crippen molar-refractivity contribution >= 4 is 23.5 Å². The number of carbonyl (C=O) groups is 2. The van der Waals surface area contributed by atoms with E-state index in [1.807, 2.05) is 0 Å². The zero-order valence-electron chi connectivity index (χ0n) is 10.7. The van der Waals surface area contributed by atoms with Gasteiger partial charge in [0.05, 0.1) is 6.61 Å². The van der Waals surface area contributed by atoms with Gasteiger partial charge in [-0.25, -0.2) is 0 Å². The van der Waals surface area contributed by atoms with Gasteiger partial charge in [0.25, 0.3) is 5.91 Å². The number of hydrogen-bond acceptors (Lipinski definition) is 3. The van der Waals surface area contributed by atoms with Gasteiger partial charge >= 0.3 is 5.97 Å². The van der Waals surface area contributed by atoms with E-state index in [0.717, 1.165) is 0 Å². The van der Waals surface area contributed by atoms with Crippen LogP contribution in [-0.2, 0) is 9.53 Å². The molecule has 1 aromatic carbocycles. The number of benzene rings is 1. The molecule has 1 amide bonds. The molecule has 0 saturated carbocycles. The molecule has 0 fully saturated rings. The van der Waals surface area contributed by atoms with Crippen molar-refractivity contribution in [2.75, 3.05) is 20.2 Å². The summed E-state index contributed by atoms with van der Waals surface area (Å²) in [7, 11) is 1.56. The molecule has 0 bridgehead atoms. The molecule has 4 nitrogen and oxygen atoms in total. The van der Waals surface area contributed by atoms with Crippen LogP contribution in [0.5, 0.6) is 0 Å². The summed E-state index contributed by atoms with van der Waals surface area (Å²) in [6.45, 7) is 3.73. The number of amides is 1. The van der Waals surface area contributed by atoms with E-state index in [2.05, 4.69) is 0 Å². The van der Waals surface area contributed by atoms with E-state index < -0.39 is 5.97 Å². The summed E-state index contributed by atoms with van der Waals surface area (Å²) in [5, 5.41) is 0.533. The molecule has 0 unspecified atom stereocenters. The lowest BCUT2D eigenvalue weighted by molar-refractivity contribution is -0.143. The summed E-state index contributed by atoms with van der Waals surface area (Å²) < 4.78 is 4.79. The Morgan fingerprint density at radius 2 is 2.06 bits per heavy atom. The fraction of sp³-hybridized carbons (Fsp3) is 0.385. The largest absolute Gasteiger partial charge is 0.465 e. The summed E-state index contributed by atoms with van der Waals surface area (Å²) in [5.41, 5.74) is 1.20. The Morgan fingerprint density at radius 1 is 1.39 bits per heavy atom. The van der Waals surface area contributed by atoms with Gasteiger partial charge in [-0.2, -0.15) is 0 Å². The normalized spacial score (nSPS) is 10.0. The highest BCUT2D eigenvalue weighted by molar-refractivity contribution is 6.31. The molecule has 1 aromatic rings. The monoisotopic (exact) mass is 269 g/mol. The predicted molar refractivity (Wildman–Crippen MR) is 69.8 cm³/mol. The van der Waals surface area contributed by atoms with E-state index in [-0.39, 0.29) is 12.5 Å². The minimum atomic E-state index is -0.423. The number of esters is 1. The molecule has 0 aliphatic heterocycles. The maximum absolute atomic E-state index is 12.1. The highest BCUT2D eigenvalue weighted by Gasteiger charge is 2.18. The zero-order chi connectivity index (χ0) is 13.7. The number of carbonyl (C=O) groups excluding carboxylic acids is 2. The van der Waals surface area contributed by atoms with Gasteiger partial charge in [-0.05, 0) is 31.5 Å². The zero-order valence-corrected chi connectivity index (χ0v) is 11.5. The highest BCUT2D eigenvalue weighted by atomic mass is 35.5. The molecular weight excluding hydrogens is 254 g/mol. The summed E-state index contributed by atoms with van der Waals surface area (Å²) in [6.07, 6.45) is 0. The number of nitrogens with zero attached hydrogens (tertiary/aromatic N) is 1. The molecule has 0 aliphatic carbocycles. The van der Waals surface area contributed by atoms with Crippen LogP contribution in [0.15, 0.2) is 18.2 Å². The van der Waals surface area contributed by atoms with Crippen LogP contribution in [0, 0.1) is 6.92 Å². The van der Waals surface area contributed by atoms with Crippen molar-refractivity contribution in [1.82, 2.24) is 4.90 Å². The fourth-order valence-electron chi connectivity index (χ4n) is 1.52. The average molecular weight is 270 g/mol. The van der Waals surface area contributed by atoms with Crippen molar-refractivity contribution in [3.05, 3.63) is 34.3 Å². The van der Waals surface area contributed by atoms with E-state index in [1.54, 1.807) is 39.1 Å². The molecule has 0 heterocycles. The summed E-state index contributed by atoms with van der Waals surface area (Å²) in [6, 6.07) is 5.12. The van der Waals surface area contributed by atoms with Gasteiger partial charge in [-0.3, -0.25) is 9.59 Å². The minimum Gasteiger partial charge on any atom is -0.465 e. The lowest BCUT2D eigenvalue weighted by Gasteiger charge is -2.17. The van der Waals surface area contributed by atoms with Crippen LogP contribution in [0.3, 0.4) is 0 Å². The third-order valence-electron chi connectivity index (χ3n) is 2.52. The molecule has 0 N–H and O–H groups in total. The Hall–Kier alpha value is -1.55. The van der Waals surface area contributed by atoms with Crippen molar-refractivity contribution in [2.24, 2.45) is 0 Å². The molecule has 0 aliphatic rings. The van der Waals surface area contributed by atoms with Gasteiger partial charge in [0.1, 0.15) is 6.54 Å². The topological polar surface area (TPSA) is 46.6 Å². The van der Waals surface area contributed by atoms with Crippen molar-refractivity contribution in [3.8, 4) is 0 Å². The minimum absolute atomic E-state index is 0.0708. The van der Waals surface area contributed by atoms with Crippen LogP contribution >= 0.6 is 11.6 Å². The number of halogens is 1. The average Bonchev–Trinajstić information content (AvgIpc) is 2.32. The third kappa shape index (κ3) is 3.47. The molecule has 5 heteroatoms. The molecular formula is C13H16ClNO3. The predicted octanol–water partition coefficient (Wildman–Crippen LogP) is 2.28. The standard InChI is InChI=1S/C13H16ClNO3/c1-4-18-12(16)8-15(3)13(17)10-6-5-7-11(14)9(10)2/h5-7H,4,8H2,1-3H3. The fourth-order valence-corrected chi connectivity index (χ4v) is 1.69. The SMILES string of the molecule is CCOC(=O)CN(C)C(=O)c1cccc(Cl)c1C. The summed E-state index contributed by atoms with van der Waals surface area (Å²) in [5.74, 6) is -0.670. The van der Waals surface area contributed by atoms with E-state index in [4.69, 9.17) is 16.3 Å². The number of rotatable bonds is 4. The maximum atomic E-state index is 12.1. The number of ether oxygens (including phenoxy) is 1. The molecule has 1 rings (SSSR count). The van der Waals surface area contributed by atoms with E-state index >= 15 is 0 Å². The van der Waals surface area contributed by atoms with Crippen molar-refractivity contribution in [3.63, 3.8) is 0 Å². The van der Waals surface area contributed by atoms with Crippen LogP contribution in [0.1, 0.15) is 22.8 Å². The molecule has 0 aromatic heterocycles. The number of hydrogen-bond donors (Lipinski definition) is 0. The van der Waals surface area contributed by atoms with Gasteiger partial charge < -0.3 is 9.64 Å². The van der Waals surface area contributed by atoms with E-state index in [9.17, 15) is 9.59 Å². The van der Waals surface area contributed by atoms with Crippen molar-refractivity contribution in [2.45, 2.75) is 13.8 Å². The van der Waals surface area contributed by atoms with E-state index in [0.29, 0.717) is 22.8 Å². The Bertz CT molecular complexity index is 460. The van der Waals surface area contributed by atoms with Gasteiger partial charge in [0, 0.05) is 17.6 Å². The highest BCUT2D eigenvalue weighted by Crippen LogP contribution is 2.19. The maximum Gasteiger partial charge on any atom is 0.325 e. The van der Waals surface area contributed by atoms with Gasteiger partial charge in [-0.15, -0.1) is 0 Å². The quantitative estimate of drug-likeness (QED) is 0.788. The number of likely N-dealkylation sites (N-methyl/N-ethyl adjacent to an activating group) is 1.